The number of fused-ring (bicyclic) bond motifs is 1. The van der Waals surface area contributed by atoms with E-state index in [9.17, 15) is 4.79 Å². The molecule has 2 heterocycles. The lowest BCUT2D eigenvalue weighted by atomic mass is 10.3. The summed E-state index contributed by atoms with van der Waals surface area (Å²) in [4.78, 5) is 14.8. The van der Waals surface area contributed by atoms with Crippen molar-refractivity contribution >= 4 is 12.1 Å². The maximum absolute atomic E-state index is 10.5. The van der Waals surface area contributed by atoms with Gasteiger partial charge in [-0.1, -0.05) is 0 Å². The standard InChI is InChI=1S/C11H11N3O3/c1-16-8-3-2-6-14-9(8)12-10(13-14)11(4-5-11)17-7-15/h2-3,6-7H,4-5H2,1H3. The van der Waals surface area contributed by atoms with Gasteiger partial charge in [-0.3, -0.25) is 4.79 Å². The van der Waals surface area contributed by atoms with Gasteiger partial charge in [-0.2, -0.15) is 0 Å². The van der Waals surface area contributed by atoms with E-state index in [4.69, 9.17) is 9.47 Å². The van der Waals surface area contributed by atoms with Crippen LogP contribution >= 0.6 is 0 Å². The first kappa shape index (κ1) is 10.1. The maximum atomic E-state index is 10.5. The average molecular weight is 233 g/mol. The number of pyridine rings is 1. The third kappa shape index (κ3) is 1.44. The second kappa shape index (κ2) is 3.44. The minimum atomic E-state index is -0.612. The largest absolute Gasteiger partial charge is 0.493 e. The molecule has 2 aromatic heterocycles. The smallest absolute Gasteiger partial charge is 0.294 e. The molecule has 0 N–H and O–H groups in total. The molecule has 0 bridgehead atoms. The summed E-state index contributed by atoms with van der Waals surface area (Å²) < 4.78 is 11.9. The van der Waals surface area contributed by atoms with Gasteiger partial charge in [0.2, 0.25) is 0 Å². The first-order chi connectivity index (χ1) is 8.29. The van der Waals surface area contributed by atoms with E-state index in [1.165, 1.54) is 0 Å². The van der Waals surface area contributed by atoms with Crippen LogP contribution in [0.4, 0.5) is 0 Å². The summed E-state index contributed by atoms with van der Waals surface area (Å²) in [5.41, 5.74) is 0.0180. The fourth-order valence-electron chi connectivity index (χ4n) is 1.83. The second-order valence-corrected chi connectivity index (χ2v) is 3.99. The molecule has 1 saturated carbocycles. The van der Waals surface area contributed by atoms with Crippen LogP contribution in [0.3, 0.4) is 0 Å². The molecular formula is C11H11N3O3. The van der Waals surface area contributed by atoms with Crippen LogP contribution in [0.25, 0.3) is 5.65 Å². The SMILES string of the molecule is COc1cccn2nc(C3(OC=O)CC3)nc12. The number of ether oxygens (including phenoxy) is 2. The van der Waals surface area contributed by atoms with Crippen LogP contribution in [0.15, 0.2) is 18.3 Å². The number of methoxy groups -OCH3 is 1. The normalized spacial score (nSPS) is 16.8. The molecule has 0 radical (unpaired) electrons. The Kier molecular flexibility index (Phi) is 2.04. The highest BCUT2D eigenvalue weighted by Crippen LogP contribution is 2.47. The zero-order chi connectivity index (χ0) is 11.9. The summed E-state index contributed by atoms with van der Waals surface area (Å²) in [6, 6.07) is 3.64. The Balaban J connectivity index is 2.11. The molecule has 17 heavy (non-hydrogen) atoms. The van der Waals surface area contributed by atoms with Gasteiger partial charge in [0.05, 0.1) is 7.11 Å². The van der Waals surface area contributed by atoms with Crippen molar-refractivity contribution in [3.63, 3.8) is 0 Å². The van der Waals surface area contributed by atoms with Crippen molar-refractivity contribution in [2.24, 2.45) is 0 Å². The number of hydrogen-bond acceptors (Lipinski definition) is 5. The van der Waals surface area contributed by atoms with Crippen LogP contribution < -0.4 is 4.74 Å². The van der Waals surface area contributed by atoms with E-state index in [0.717, 1.165) is 12.8 Å². The molecule has 88 valence electrons. The monoisotopic (exact) mass is 233 g/mol. The number of aromatic nitrogens is 3. The van der Waals surface area contributed by atoms with Crippen molar-refractivity contribution in [1.29, 1.82) is 0 Å². The van der Waals surface area contributed by atoms with E-state index in [2.05, 4.69) is 10.1 Å². The third-order valence-corrected chi connectivity index (χ3v) is 2.93. The molecule has 0 unspecified atom stereocenters. The lowest BCUT2D eigenvalue weighted by Crippen LogP contribution is -2.13. The molecule has 2 aromatic rings. The molecule has 1 aliphatic rings. The molecule has 0 saturated heterocycles. The third-order valence-electron chi connectivity index (χ3n) is 2.93. The van der Waals surface area contributed by atoms with Crippen LogP contribution in [0.2, 0.25) is 0 Å². The minimum Gasteiger partial charge on any atom is -0.493 e. The molecule has 1 fully saturated rings. The van der Waals surface area contributed by atoms with Crippen LogP contribution in [0.5, 0.6) is 5.75 Å². The van der Waals surface area contributed by atoms with Crippen LogP contribution in [-0.2, 0) is 15.1 Å². The van der Waals surface area contributed by atoms with Gasteiger partial charge in [-0.05, 0) is 25.0 Å². The van der Waals surface area contributed by atoms with Crippen molar-refractivity contribution in [2.75, 3.05) is 7.11 Å². The Bertz CT molecular complexity index is 574. The molecule has 1 aliphatic carbocycles. The second-order valence-electron chi connectivity index (χ2n) is 3.99. The predicted octanol–water partition coefficient (Wildman–Crippen LogP) is 0.900. The quantitative estimate of drug-likeness (QED) is 0.734. The van der Waals surface area contributed by atoms with Gasteiger partial charge < -0.3 is 9.47 Å². The maximum Gasteiger partial charge on any atom is 0.294 e. The first-order valence-electron chi connectivity index (χ1n) is 5.30. The van der Waals surface area contributed by atoms with E-state index in [1.54, 1.807) is 17.8 Å². The number of carbonyl (C=O) groups is 1. The predicted molar refractivity (Wildman–Crippen MR) is 57.6 cm³/mol. The molecule has 0 atom stereocenters. The Morgan fingerprint density at radius 2 is 2.35 bits per heavy atom. The van der Waals surface area contributed by atoms with Crippen molar-refractivity contribution in [3.8, 4) is 5.75 Å². The van der Waals surface area contributed by atoms with Crippen molar-refractivity contribution in [2.45, 2.75) is 18.4 Å². The summed E-state index contributed by atoms with van der Waals surface area (Å²) in [6.45, 7) is 0.454. The van der Waals surface area contributed by atoms with Crippen LogP contribution in [-0.4, -0.2) is 28.2 Å². The number of hydrogen-bond donors (Lipinski definition) is 0. The summed E-state index contributed by atoms with van der Waals surface area (Å²) >= 11 is 0. The molecule has 0 amide bonds. The first-order valence-corrected chi connectivity index (χ1v) is 5.30. The molecule has 3 rings (SSSR count). The fourth-order valence-corrected chi connectivity index (χ4v) is 1.83. The number of nitrogens with zero attached hydrogens (tertiary/aromatic N) is 3. The average Bonchev–Trinajstić information content (AvgIpc) is 2.99. The topological polar surface area (TPSA) is 65.7 Å². The van der Waals surface area contributed by atoms with Gasteiger partial charge in [0.25, 0.3) is 6.47 Å². The van der Waals surface area contributed by atoms with E-state index < -0.39 is 5.60 Å². The zero-order valence-corrected chi connectivity index (χ0v) is 9.29. The van der Waals surface area contributed by atoms with Gasteiger partial charge in [0, 0.05) is 6.20 Å². The highest BCUT2D eigenvalue weighted by molar-refractivity contribution is 5.53. The van der Waals surface area contributed by atoms with Crippen molar-refractivity contribution in [1.82, 2.24) is 14.6 Å². The van der Waals surface area contributed by atoms with Gasteiger partial charge >= 0.3 is 0 Å². The number of carbonyl (C=O) groups excluding carboxylic acids is 1. The molecule has 6 heteroatoms. The highest BCUT2D eigenvalue weighted by atomic mass is 16.5. The Hall–Kier alpha value is -2.11. The summed E-state index contributed by atoms with van der Waals surface area (Å²) in [6.07, 6.45) is 3.32. The Labute approximate surface area is 97.2 Å². The van der Waals surface area contributed by atoms with Gasteiger partial charge in [0.1, 0.15) is 0 Å². The molecule has 0 spiro atoms. The molecular weight excluding hydrogens is 222 g/mol. The van der Waals surface area contributed by atoms with E-state index in [0.29, 0.717) is 23.7 Å². The summed E-state index contributed by atoms with van der Waals surface area (Å²) in [5, 5.41) is 4.32. The lowest BCUT2D eigenvalue weighted by molar-refractivity contribution is -0.136. The van der Waals surface area contributed by atoms with E-state index >= 15 is 0 Å². The van der Waals surface area contributed by atoms with Crippen LogP contribution in [0.1, 0.15) is 18.7 Å². The van der Waals surface area contributed by atoms with E-state index in [-0.39, 0.29) is 0 Å². The lowest BCUT2D eigenvalue weighted by Gasteiger charge is -2.06. The zero-order valence-electron chi connectivity index (χ0n) is 9.29. The molecule has 0 aromatic carbocycles. The Morgan fingerprint density at radius 1 is 1.53 bits per heavy atom. The molecule has 0 aliphatic heterocycles. The van der Waals surface area contributed by atoms with Gasteiger partial charge in [-0.25, -0.2) is 9.50 Å². The number of rotatable bonds is 4. The van der Waals surface area contributed by atoms with Gasteiger partial charge in [-0.15, -0.1) is 5.10 Å². The van der Waals surface area contributed by atoms with Crippen molar-refractivity contribution < 1.29 is 14.3 Å². The van der Waals surface area contributed by atoms with Gasteiger partial charge in [0.15, 0.2) is 22.8 Å². The van der Waals surface area contributed by atoms with E-state index in [1.807, 2.05) is 12.1 Å². The fraction of sp³-hybridized carbons (Fsp3) is 0.364. The summed E-state index contributed by atoms with van der Waals surface area (Å²) in [7, 11) is 1.58. The Morgan fingerprint density at radius 3 is 3.00 bits per heavy atom. The summed E-state index contributed by atoms with van der Waals surface area (Å²) in [5.74, 6) is 1.18. The highest BCUT2D eigenvalue weighted by Gasteiger charge is 2.51. The molecule has 6 nitrogen and oxygen atoms in total. The van der Waals surface area contributed by atoms with Crippen LogP contribution in [0, 0.1) is 0 Å². The van der Waals surface area contributed by atoms with Crippen molar-refractivity contribution in [3.05, 3.63) is 24.2 Å². The minimum absolute atomic E-state index is 0.454.